The van der Waals surface area contributed by atoms with Crippen LogP contribution in [0.25, 0.3) is 10.9 Å². The zero-order valence-electron chi connectivity index (χ0n) is 19.2. The van der Waals surface area contributed by atoms with Crippen molar-refractivity contribution in [3.05, 3.63) is 51.6 Å². The lowest BCUT2D eigenvalue weighted by atomic mass is 10.1. The maximum Gasteiger partial charge on any atom is 0.139 e. The molecule has 1 atom stereocenters. The number of rotatable bonds is 8. The van der Waals surface area contributed by atoms with Gasteiger partial charge < -0.3 is 25.4 Å². The summed E-state index contributed by atoms with van der Waals surface area (Å²) in [6, 6.07) is 9.69. The van der Waals surface area contributed by atoms with Crippen molar-refractivity contribution in [2.24, 2.45) is 5.73 Å². The molecule has 0 radical (unpaired) electrons. The van der Waals surface area contributed by atoms with E-state index in [1.807, 2.05) is 19.1 Å². The third kappa shape index (κ3) is 5.31. The number of aromatic nitrogens is 1. The highest BCUT2D eigenvalue weighted by Gasteiger charge is 2.18. The van der Waals surface area contributed by atoms with Crippen LogP contribution in [0.3, 0.4) is 0 Å². The minimum Gasteiger partial charge on any atom is -0.495 e. The maximum absolute atomic E-state index is 9.70. The number of nitrogens with one attached hydrogen (secondary N) is 1. The molecule has 9 heteroatoms. The summed E-state index contributed by atoms with van der Waals surface area (Å²) in [5.74, 6) is 1.26. The number of hydrogen-bond acceptors (Lipinski definition) is 7. The first-order chi connectivity index (χ1) is 16.4. The predicted octanol–water partition coefficient (Wildman–Crippen LogP) is 5.28. The summed E-state index contributed by atoms with van der Waals surface area (Å²) >= 11 is 12.6. The Labute approximate surface area is 209 Å². The molecule has 2 heterocycles. The van der Waals surface area contributed by atoms with Gasteiger partial charge >= 0.3 is 0 Å². The quantitative estimate of drug-likeness (QED) is 0.407. The topological polar surface area (TPSA) is 96.4 Å². The normalized spacial score (nSPS) is 15.9. The first-order valence-corrected chi connectivity index (χ1v) is 11.9. The lowest BCUT2D eigenvalue weighted by molar-refractivity contribution is 0.261. The number of ether oxygens (including phenoxy) is 2. The Hall–Kier alpha value is -2.76. The van der Waals surface area contributed by atoms with Crippen molar-refractivity contribution >= 4 is 45.5 Å². The van der Waals surface area contributed by atoms with Crippen molar-refractivity contribution in [1.29, 1.82) is 5.26 Å². The predicted molar refractivity (Wildman–Crippen MR) is 137 cm³/mol. The van der Waals surface area contributed by atoms with Crippen molar-refractivity contribution in [2.45, 2.75) is 25.8 Å². The fourth-order valence-electron chi connectivity index (χ4n) is 4.16. The number of halogens is 2. The minimum absolute atomic E-state index is 0.291. The number of likely N-dealkylation sites (tertiary alicyclic amines) is 1. The number of methoxy groups -OCH3 is 1. The second-order valence-electron chi connectivity index (χ2n) is 8.44. The van der Waals surface area contributed by atoms with Crippen molar-refractivity contribution in [1.82, 2.24) is 9.88 Å². The number of nitrogens with zero attached hydrogens (tertiary/aromatic N) is 3. The number of pyridine rings is 1. The van der Waals surface area contributed by atoms with Gasteiger partial charge in [-0.2, -0.15) is 5.26 Å². The van der Waals surface area contributed by atoms with Gasteiger partial charge in [0.2, 0.25) is 0 Å². The molecule has 3 N–H and O–H groups in total. The summed E-state index contributed by atoms with van der Waals surface area (Å²) < 4.78 is 11.4. The van der Waals surface area contributed by atoms with Crippen molar-refractivity contribution < 1.29 is 9.47 Å². The van der Waals surface area contributed by atoms with Gasteiger partial charge in [-0.3, -0.25) is 4.98 Å². The van der Waals surface area contributed by atoms with Gasteiger partial charge in [-0.15, -0.1) is 0 Å². The van der Waals surface area contributed by atoms with E-state index in [2.05, 4.69) is 21.3 Å². The number of nitriles is 1. The molecule has 0 amide bonds. The Morgan fingerprint density at radius 1 is 1.24 bits per heavy atom. The van der Waals surface area contributed by atoms with E-state index in [0.29, 0.717) is 50.9 Å². The van der Waals surface area contributed by atoms with Crippen LogP contribution in [0.2, 0.25) is 10.0 Å². The molecule has 1 fully saturated rings. The molecule has 178 valence electrons. The summed E-state index contributed by atoms with van der Waals surface area (Å²) in [6.07, 6.45) is 3.53. The lowest BCUT2D eigenvalue weighted by Crippen LogP contribution is -2.28. The maximum atomic E-state index is 9.70. The molecule has 0 saturated carbocycles. The molecule has 0 bridgehead atoms. The van der Waals surface area contributed by atoms with E-state index in [0.717, 1.165) is 49.2 Å². The second kappa shape index (κ2) is 10.7. The monoisotopic (exact) mass is 499 g/mol. The van der Waals surface area contributed by atoms with Crippen LogP contribution < -0.4 is 20.5 Å². The minimum atomic E-state index is 0.291. The van der Waals surface area contributed by atoms with E-state index in [-0.39, 0.29) is 0 Å². The zero-order chi connectivity index (χ0) is 24.2. The van der Waals surface area contributed by atoms with Gasteiger partial charge in [0.1, 0.15) is 17.6 Å². The first kappa shape index (κ1) is 24.4. The first-order valence-electron chi connectivity index (χ1n) is 11.1. The van der Waals surface area contributed by atoms with E-state index in [1.54, 1.807) is 18.3 Å². The van der Waals surface area contributed by atoms with Crippen molar-refractivity contribution in [3.8, 4) is 17.6 Å². The van der Waals surface area contributed by atoms with Crippen molar-refractivity contribution in [3.63, 3.8) is 0 Å². The highest BCUT2D eigenvalue weighted by Crippen LogP contribution is 2.38. The fourth-order valence-corrected chi connectivity index (χ4v) is 4.66. The molecule has 1 aromatic heterocycles. The fraction of sp³-hybridized carbons (Fsp3) is 0.360. The summed E-state index contributed by atoms with van der Waals surface area (Å²) in [6.45, 7) is 5.58. The molecular formula is C25H27Cl2N5O2. The third-order valence-electron chi connectivity index (χ3n) is 5.97. The van der Waals surface area contributed by atoms with Crippen LogP contribution in [0.4, 0.5) is 11.4 Å². The van der Waals surface area contributed by atoms with Gasteiger partial charge in [0.25, 0.3) is 0 Å². The van der Waals surface area contributed by atoms with E-state index < -0.39 is 0 Å². The largest absolute Gasteiger partial charge is 0.495 e. The molecule has 34 heavy (non-hydrogen) atoms. The summed E-state index contributed by atoms with van der Waals surface area (Å²) in [7, 11) is 1.53. The van der Waals surface area contributed by atoms with Gasteiger partial charge in [0.15, 0.2) is 0 Å². The standard InChI is InChI=1S/C25H27Cl2N5O2/c1-15-8-18-21(10-23(15)34-7-3-5-32-6-4-17(29)14-32)30-13-16(12-28)25(18)31-22-11-24(33-2)20(27)9-19(22)26/h8-11,13,17H,3-7,14,29H2,1-2H3,(H,30,31). The highest BCUT2D eigenvalue weighted by molar-refractivity contribution is 6.37. The highest BCUT2D eigenvalue weighted by atomic mass is 35.5. The number of aryl methyl sites for hydroxylation is 1. The molecule has 2 aromatic carbocycles. The van der Waals surface area contributed by atoms with E-state index in [9.17, 15) is 5.26 Å². The summed E-state index contributed by atoms with van der Waals surface area (Å²) in [4.78, 5) is 6.86. The van der Waals surface area contributed by atoms with E-state index in [4.69, 9.17) is 38.4 Å². The Kier molecular flexibility index (Phi) is 7.64. The second-order valence-corrected chi connectivity index (χ2v) is 9.25. The van der Waals surface area contributed by atoms with Crippen LogP contribution in [0.15, 0.2) is 30.5 Å². The van der Waals surface area contributed by atoms with Gasteiger partial charge in [-0.25, -0.2) is 0 Å². The average molecular weight is 500 g/mol. The molecule has 0 spiro atoms. The van der Waals surface area contributed by atoms with Crippen LogP contribution in [-0.4, -0.2) is 49.3 Å². The van der Waals surface area contributed by atoms with Gasteiger partial charge in [-0.05, 0) is 44.0 Å². The van der Waals surface area contributed by atoms with Crippen LogP contribution in [0.5, 0.6) is 11.5 Å². The molecule has 7 nitrogen and oxygen atoms in total. The molecular weight excluding hydrogens is 473 g/mol. The van der Waals surface area contributed by atoms with Crippen LogP contribution in [-0.2, 0) is 0 Å². The summed E-state index contributed by atoms with van der Waals surface area (Å²) in [5, 5.41) is 14.6. The Bertz CT molecular complexity index is 1240. The van der Waals surface area contributed by atoms with Gasteiger partial charge in [0, 0.05) is 42.8 Å². The smallest absolute Gasteiger partial charge is 0.139 e. The molecule has 1 saturated heterocycles. The molecule has 1 aliphatic rings. The average Bonchev–Trinajstić information content (AvgIpc) is 3.23. The van der Waals surface area contributed by atoms with E-state index in [1.165, 1.54) is 7.11 Å². The summed E-state index contributed by atoms with van der Waals surface area (Å²) in [5.41, 5.74) is 9.23. The van der Waals surface area contributed by atoms with Gasteiger partial charge in [-0.1, -0.05) is 23.2 Å². The zero-order valence-corrected chi connectivity index (χ0v) is 20.7. The number of nitrogens with two attached hydrogens (primary N) is 1. The van der Waals surface area contributed by atoms with E-state index >= 15 is 0 Å². The number of benzene rings is 2. The van der Waals surface area contributed by atoms with Crippen molar-refractivity contribution in [2.75, 3.05) is 38.7 Å². The Balaban J connectivity index is 1.57. The SMILES string of the molecule is COc1cc(Nc2c(C#N)cnc3cc(OCCCN4CCC(N)C4)c(C)cc23)c(Cl)cc1Cl. The molecule has 1 unspecified atom stereocenters. The van der Waals surface area contributed by atoms with Gasteiger partial charge in [0.05, 0.1) is 46.2 Å². The van der Waals surface area contributed by atoms with Crippen LogP contribution in [0, 0.1) is 18.3 Å². The third-order valence-corrected chi connectivity index (χ3v) is 6.58. The Morgan fingerprint density at radius 3 is 2.76 bits per heavy atom. The number of fused-ring (bicyclic) bond motifs is 1. The van der Waals surface area contributed by atoms with Crippen LogP contribution in [0.1, 0.15) is 24.0 Å². The Morgan fingerprint density at radius 2 is 2.06 bits per heavy atom. The number of hydrogen-bond donors (Lipinski definition) is 2. The lowest BCUT2D eigenvalue weighted by Gasteiger charge is -2.17. The number of anilines is 2. The van der Waals surface area contributed by atoms with Crippen LogP contribution >= 0.6 is 23.2 Å². The molecule has 0 aliphatic carbocycles. The molecule has 4 rings (SSSR count). The molecule has 3 aromatic rings. The molecule has 1 aliphatic heterocycles.